The number of rotatable bonds is 4. The van der Waals surface area contributed by atoms with Crippen molar-refractivity contribution in [1.82, 2.24) is 10.6 Å². The minimum absolute atomic E-state index is 0.0749. The molecule has 0 spiro atoms. The first kappa shape index (κ1) is 19.8. The van der Waals surface area contributed by atoms with Gasteiger partial charge in [-0.1, -0.05) is 47.5 Å². The highest BCUT2D eigenvalue weighted by Crippen LogP contribution is 2.40. The summed E-state index contributed by atoms with van der Waals surface area (Å²) in [5.41, 5.74) is 2.74. The van der Waals surface area contributed by atoms with Gasteiger partial charge in [-0.25, -0.2) is 0 Å². The van der Waals surface area contributed by atoms with Gasteiger partial charge in [0.25, 0.3) is 0 Å². The molecular weight excluding hydrogens is 431 g/mol. The average molecular weight is 449 g/mol. The van der Waals surface area contributed by atoms with Gasteiger partial charge in [-0.05, 0) is 12.1 Å². The quantitative estimate of drug-likeness (QED) is 0.604. The van der Waals surface area contributed by atoms with Crippen molar-refractivity contribution in [2.24, 2.45) is 0 Å². The summed E-state index contributed by atoms with van der Waals surface area (Å²) in [4.78, 5) is 15.6. The molecule has 2 N–H and O–H groups in total. The lowest BCUT2D eigenvalue weighted by molar-refractivity contribution is 0.103. The fourth-order valence-corrected chi connectivity index (χ4v) is 5.82. The van der Waals surface area contributed by atoms with Gasteiger partial charge in [0, 0.05) is 79.1 Å². The highest BCUT2D eigenvalue weighted by molar-refractivity contribution is 8.08. The van der Waals surface area contributed by atoms with Crippen molar-refractivity contribution in [3.63, 3.8) is 0 Å². The maximum Gasteiger partial charge on any atom is 0.194 e. The molecule has 4 rings (SSSR count). The number of thioether (sulfide) groups is 2. The van der Waals surface area contributed by atoms with Crippen LogP contribution in [0.25, 0.3) is 9.81 Å². The molecule has 0 radical (unpaired) electrons. The van der Waals surface area contributed by atoms with E-state index in [1.807, 2.05) is 48.8 Å². The Balaban J connectivity index is 1.84. The van der Waals surface area contributed by atoms with Crippen LogP contribution in [-0.2, 0) is 0 Å². The van der Waals surface area contributed by atoms with Gasteiger partial charge >= 0.3 is 0 Å². The number of benzene rings is 2. The van der Waals surface area contributed by atoms with Gasteiger partial charge in [-0.3, -0.25) is 4.79 Å². The minimum Gasteiger partial charge on any atom is -0.389 e. The van der Waals surface area contributed by atoms with Crippen LogP contribution in [0.15, 0.2) is 48.8 Å². The summed E-state index contributed by atoms with van der Waals surface area (Å²) in [7, 11) is 0. The van der Waals surface area contributed by atoms with E-state index in [4.69, 9.17) is 23.2 Å². The summed E-state index contributed by atoms with van der Waals surface area (Å²) in [6, 6.07) is 11.0. The number of hydrogen-bond donors (Lipinski definition) is 2. The van der Waals surface area contributed by atoms with Gasteiger partial charge in [0.1, 0.15) is 0 Å². The zero-order chi connectivity index (χ0) is 19.5. The van der Waals surface area contributed by atoms with Crippen molar-refractivity contribution in [1.29, 1.82) is 0 Å². The second kappa shape index (κ2) is 8.87. The van der Waals surface area contributed by atoms with Crippen LogP contribution in [0.2, 0.25) is 10.0 Å². The van der Waals surface area contributed by atoms with Crippen LogP contribution < -0.4 is 10.6 Å². The molecule has 0 saturated heterocycles. The summed E-state index contributed by atoms with van der Waals surface area (Å²) in [6.07, 6.45) is 3.88. The average Bonchev–Trinajstić information content (AvgIpc) is 2.74. The zero-order valence-corrected chi connectivity index (χ0v) is 18.1. The number of carbonyl (C=O) groups excluding carboxylic acids is 1. The van der Waals surface area contributed by atoms with Crippen molar-refractivity contribution in [2.45, 2.75) is 0 Å². The largest absolute Gasteiger partial charge is 0.389 e. The van der Waals surface area contributed by atoms with Crippen molar-refractivity contribution >= 4 is 62.3 Å². The van der Waals surface area contributed by atoms with Crippen LogP contribution in [0.4, 0.5) is 0 Å². The molecule has 2 aliphatic rings. The van der Waals surface area contributed by atoms with Crippen molar-refractivity contribution in [2.75, 3.05) is 24.6 Å². The standard InChI is InChI=1S/C21H18Cl2N2OS2/c22-15-5-1-3-13(19(15)17-11-24-7-9-27-17)21(26)14-4-2-6-16(23)20(14)18-12-25-8-10-28-18/h1-6,11-12,24-25H,7-10H2. The lowest BCUT2D eigenvalue weighted by Gasteiger charge is -2.20. The van der Waals surface area contributed by atoms with E-state index in [1.54, 1.807) is 23.5 Å². The van der Waals surface area contributed by atoms with Crippen molar-refractivity contribution in [3.05, 3.63) is 81.1 Å². The molecule has 0 atom stereocenters. The second-order valence-corrected chi connectivity index (χ2v) is 9.36. The monoisotopic (exact) mass is 448 g/mol. The lowest BCUT2D eigenvalue weighted by atomic mass is 9.94. The van der Waals surface area contributed by atoms with E-state index < -0.39 is 0 Å². The van der Waals surface area contributed by atoms with E-state index >= 15 is 0 Å². The molecule has 2 aliphatic heterocycles. The number of ketones is 1. The number of nitrogens with one attached hydrogen (secondary N) is 2. The van der Waals surface area contributed by atoms with Gasteiger partial charge in [-0.15, -0.1) is 23.5 Å². The van der Waals surface area contributed by atoms with E-state index in [-0.39, 0.29) is 5.78 Å². The molecule has 7 heteroatoms. The molecule has 144 valence electrons. The van der Waals surface area contributed by atoms with Gasteiger partial charge in [0.2, 0.25) is 0 Å². The molecule has 0 fully saturated rings. The van der Waals surface area contributed by atoms with Crippen LogP contribution in [-0.4, -0.2) is 30.4 Å². The molecule has 0 bridgehead atoms. The van der Waals surface area contributed by atoms with E-state index in [0.29, 0.717) is 21.2 Å². The first-order valence-electron chi connectivity index (χ1n) is 8.92. The smallest absolute Gasteiger partial charge is 0.194 e. The molecule has 0 unspecified atom stereocenters. The van der Waals surface area contributed by atoms with E-state index in [1.165, 1.54) is 0 Å². The predicted molar refractivity (Wildman–Crippen MR) is 123 cm³/mol. The predicted octanol–water partition coefficient (Wildman–Crippen LogP) is 5.49. The van der Waals surface area contributed by atoms with Gasteiger partial charge in [-0.2, -0.15) is 0 Å². The zero-order valence-electron chi connectivity index (χ0n) is 14.9. The molecule has 0 saturated carbocycles. The highest BCUT2D eigenvalue weighted by Gasteiger charge is 2.24. The van der Waals surface area contributed by atoms with Crippen molar-refractivity contribution < 1.29 is 4.79 Å². The SMILES string of the molecule is O=C(c1cccc(Cl)c1C1=CNCCS1)c1cccc(Cl)c1C1=CNCCS1. The maximum absolute atomic E-state index is 13.6. The third-order valence-electron chi connectivity index (χ3n) is 4.48. The van der Waals surface area contributed by atoms with Gasteiger partial charge in [0.15, 0.2) is 5.78 Å². The molecule has 0 amide bonds. The van der Waals surface area contributed by atoms with E-state index in [2.05, 4.69) is 10.6 Å². The van der Waals surface area contributed by atoms with Crippen LogP contribution in [0.5, 0.6) is 0 Å². The van der Waals surface area contributed by atoms with Gasteiger partial charge < -0.3 is 10.6 Å². The Labute approximate surface area is 182 Å². The number of hydrogen-bond acceptors (Lipinski definition) is 5. The number of halogens is 2. The normalized spacial score (nSPS) is 16.5. The van der Waals surface area contributed by atoms with Gasteiger partial charge in [0.05, 0.1) is 0 Å². The highest BCUT2D eigenvalue weighted by atomic mass is 35.5. The Hall–Kier alpha value is -1.53. The molecule has 3 nitrogen and oxygen atoms in total. The summed E-state index contributed by atoms with van der Waals surface area (Å²) in [6.45, 7) is 1.80. The fraction of sp³-hybridized carbons (Fsp3) is 0.190. The first-order valence-corrected chi connectivity index (χ1v) is 11.6. The van der Waals surface area contributed by atoms with Crippen LogP contribution >= 0.6 is 46.7 Å². The van der Waals surface area contributed by atoms with Crippen LogP contribution in [0.3, 0.4) is 0 Å². The molecule has 2 aromatic rings. The Morgan fingerprint density at radius 1 is 0.786 bits per heavy atom. The first-order chi connectivity index (χ1) is 13.7. The fourth-order valence-electron chi connectivity index (χ4n) is 3.21. The van der Waals surface area contributed by atoms with Crippen LogP contribution in [0, 0.1) is 0 Å². The Bertz CT molecular complexity index is 911. The lowest BCUT2D eigenvalue weighted by Crippen LogP contribution is -2.17. The molecule has 0 aromatic heterocycles. The summed E-state index contributed by atoms with van der Waals surface area (Å²) in [5.74, 6) is 1.79. The Morgan fingerprint density at radius 3 is 1.64 bits per heavy atom. The molecule has 0 aliphatic carbocycles. The Morgan fingerprint density at radius 2 is 1.25 bits per heavy atom. The second-order valence-electron chi connectivity index (χ2n) is 6.28. The third kappa shape index (κ3) is 3.94. The van der Waals surface area contributed by atoms with Crippen molar-refractivity contribution in [3.8, 4) is 0 Å². The van der Waals surface area contributed by atoms with E-state index in [9.17, 15) is 4.79 Å². The molecule has 2 aromatic carbocycles. The van der Waals surface area contributed by atoms with Crippen LogP contribution in [0.1, 0.15) is 27.0 Å². The van der Waals surface area contributed by atoms with E-state index in [0.717, 1.165) is 45.5 Å². The molecular formula is C21H18Cl2N2OS2. The topological polar surface area (TPSA) is 41.1 Å². The summed E-state index contributed by atoms with van der Waals surface area (Å²) < 4.78 is 0. The maximum atomic E-state index is 13.6. The molecule has 2 heterocycles. The minimum atomic E-state index is -0.0749. The number of carbonyl (C=O) groups is 1. The molecule has 28 heavy (non-hydrogen) atoms. The summed E-state index contributed by atoms with van der Waals surface area (Å²) in [5, 5.41) is 7.64. The summed E-state index contributed by atoms with van der Waals surface area (Å²) >= 11 is 16.5. The Kier molecular flexibility index (Phi) is 6.26. The third-order valence-corrected chi connectivity index (χ3v) is 7.20.